The van der Waals surface area contributed by atoms with E-state index in [1.807, 2.05) is 12.1 Å². The summed E-state index contributed by atoms with van der Waals surface area (Å²) in [4.78, 5) is 31.5. The van der Waals surface area contributed by atoms with Crippen molar-refractivity contribution in [3.05, 3.63) is 49.1 Å². The molecule has 0 aromatic carbocycles. The van der Waals surface area contributed by atoms with Crippen LogP contribution in [0.5, 0.6) is 0 Å². The number of aromatic nitrogens is 2. The van der Waals surface area contributed by atoms with Crippen molar-refractivity contribution in [3.63, 3.8) is 0 Å². The molecular formula is C20H26N4O2. The van der Waals surface area contributed by atoms with Crippen molar-refractivity contribution in [1.82, 2.24) is 9.97 Å². The molecule has 26 heavy (non-hydrogen) atoms. The molecule has 0 fully saturated rings. The first kappa shape index (κ1) is 19.6. The van der Waals surface area contributed by atoms with Crippen LogP contribution in [0.2, 0.25) is 0 Å². The van der Waals surface area contributed by atoms with Crippen molar-refractivity contribution >= 4 is 23.2 Å². The monoisotopic (exact) mass is 354 g/mol. The number of anilines is 2. The Bertz CT molecular complexity index is 603. The van der Waals surface area contributed by atoms with Crippen molar-refractivity contribution < 1.29 is 9.59 Å². The van der Waals surface area contributed by atoms with E-state index in [0.29, 0.717) is 12.8 Å². The van der Waals surface area contributed by atoms with Gasteiger partial charge < -0.3 is 10.6 Å². The number of hydrogen-bond acceptors (Lipinski definition) is 4. The number of nitrogens with zero attached hydrogens (tertiary/aromatic N) is 2. The van der Waals surface area contributed by atoms with Crippen LogP contribution in [0, 0.1) is 0 Å². The second-order valence-electron chi connectivity index (χ2n) is 6.20. The predicted molar refractivity (Wildman–Crippen MR) is 103 cm³/mol. The van der Waals surface area contributed by atoms with E-state index in [2.05, 4.69) is 20.6 Å². The van der Waals surface area contributed by atoms with Crippen molar-refractivity contribution in [1.29, 1.82) is 0 Å². The molecule has 0 radical (unpaired) electrons. The summed E-state index contributed by atoms with van der Waals surface area (Å²) < 4.78 is 0. The van der Waals surface area contributed by atoms with Crippen LogP contribution in [0.3, 0.4) is 0 Å². The Kier molecular flexibility index (Phi) is 8.83. The summed E-state index contributed by atoms with van der Waals surface area (Å²) in [7, 11) is 0. The fourth-order valence-corrected chi connectivity index (χ4v) is 2.60. The summed E-state index contributed by atoms with van der Waals surface area (Å²) in [5, 5.41) is 5.67. The first-order valence-corrected chi connectivity index (χ1v) is 9.14. The fraction of sp³-hybridized carbons (Fsp3) is 0.400. The summed E-state index contributed by atoms with van der Waals surface area (Å²) in [5.41, 5.74) is 1.48. The maximum Gasteiger partial charge on any atom is 0.224 e. The van der Waals surface area contributed by atoms with Gasteiger partial charge in [0, 0.05) is 25.2 Å². The molecule has 6 heteroatoms. The maximum atomic E-state index is 11.8. The van der Waals surface area contributed by atoms with Gasteiger partial charge in [-0.15, -0.1) is 0 Å². The molecule has 2 N–H and O–H groups in total. The molecule has 2 aromatic rings. The number of unbranched alkanes of at least 4 members (excludes halogenated alkanes) is 5. The fourth-order valence-electron chi connectivity index (χ4n) is 2.60. The molecule has 0 spiro atoms. The second kappa shape index (κ2) is 11.7. The van der Waals surface area contributed by atoms with Crippen LogP contribution in [-0.4, -0.2) is 21.8 Å². The third-order valence-corrected chi connectivity index (χ3v) is 3.95. The highest BCUT2D eigenvalue weighted by molar-refractivity contribution is 5.90. The first-order chi connectivity index (χ1) is 12.7. The zero-order chi connectivity index (χ0) is 18.5. The Balaban J connectivity index is 1.43. The lowest BCUT2D eigenvalue weighted by Crippen LogP contribution is -2.11. The number of hydrogen-bond donors (Lipinski definition) is 2. The average molecular weight is 354 g/mol. The summed E-state index contributed by atoms with van der Waals surface area (Å²) in [6, 6.07) is 7.25. The van der Waals surface area contributed by atoms with Crippen LogP contribution in [-0.2, 0) is 9.59 Å². The van der Waals surface area contributed by atoms with Crippen molar-refractivity contribution in [2.45, 2.75) is 51.4 Å². The third kappa shape index (κ3) is 8.37. The molecule has 2 heterocycles. The van der Waals surface area contributed by atoms with E-state index in [-0.39, 0.29) is 11.8 Å². The highest BCUT2D eigenvalue weighted by Gasteiger charge is 2.03. The van der Waals surface area contributed by atoms with Gasteiger partial charge in [-0.2, -0.15) is 0 Å². The van der Waals surface area contributed by atoms with Gasteiger partial charge in [-0.1, -0.05) is 25.7 Å². The molecule has 0 saturated heterocycles. The first-order valence-electron chi connectivity index (χ1n) is 9.14. The lowest BCUT2D eigenvalue weighted by molar-refractivity contribution is -0.117. The van der Waals surface area contributed by atoms with E-state index < -0.39 is 0 Å². The van der Waals surface area contributed by atoms with E-state index >= 15 is 0 Å². The third-order valence-electron chi connectivity index (χ3n) is 3.95. The van der Waals surface area contributed by atoms with Gasteiger partial charge in [-0.3, -0.25) is 19.6 Å². The van der Waals surface area contributed by atoms with Gasteiger partial charge in [-0.05, 0) is 37.1 Å². The molecule has 0 saturated carbocycles. The Morgan fingerprint density at radius 1 is 0.692 bits per heavy atom. The van der Waals surface area contributed by atoms with Gasteiger partial charge in [0.15, 0.2) is 0 Å². The maximum absolute atomic E-state index is 11.8. The molecule has 138 valence electrons. The topological polar surface area (TPSA) is 84.0 Å². The molecule has 0 aliphatic carbocycles. The van der Waals surface area contributed by atoms with Crippen LogP contribution in [0.1, 0.15) is 51.4 Å². The number of carbonyl (C=O) groups excluding carboxylic acids is 2. The molecule has 2 aromatic heterocycles. The number of pyridine rings is 2. The van der Waals surface area contributed by atoms with Crippen LogP contribution < -0.4 is 10.6 Å². The largest absolute Gasteiger partial charge is 0.325 e. The molecule has 6 nitrogen and oxygen atoms in total. The molecule has 0 unspecified atom stereocenters. The van der Waals surface area contributed by atoms with Crippen LogP contribution in [0.15, 0.2) is 49.1 Å². The zero-order valence-corrected chi connectivity index (χ0v) is 15.0. The standard InChI is InChI=1S/C20H26N4O2/c25-19(23-17-9-7-13-21-15-17)11-5-3-1-2-4-6-12-20(26)24-18-10-8-14-22-16-18/h7-10,13-16H,1-6,11-12H2,(H,23,25)(H,24,26). The summed E-state index contributed by atoms with van der Waals surface area (Å²) in [6.45, 7) is 0. The molecular weight excluding hydrogens is 328 g/mol. The smallest absolute Gasteiger partial charge is 0.224 e. The van der Waals surface area contributed by atoms with Crippen LogP contribution >= 0.6 is 0 Å². The van der Waals surface area contributed by atoms with E-state index in [4.69, 9.17) is 0 Å². The predicted octanol–water partition coefficient (Wildman–Crippen LogP) is 4.17. The Hall–Kier alpha value is -2.76. The molecule has 2 amide bonds. The van der Waals surface area contributed by atoms with Crippen molar-refractivity contribution in [3.8, 4) is 0 Å². The van der Waals surface area contributed by atoms with Crippen molar-refractivity contribution in [2.75, 3.05) is 10.6 Å². The van der Waals surface area contributed by atoms with Gasteiger partial charge in [0.05, 0.1) is 23.8 Å². The van der Waals surface area contributed by atoms with Gasteiger partial charge in [0.1, 0.15) is 0 Å². The lowest BCUT2D eigenvalue weighted by Gasteiger charge is -2.05. The van der Waals surface area contributed by atoms with Gasteiger partial charge in [0.2, 0.25) is 11.8 Å². The molecule has 0 aliphatic heterocycles. The van der Waals surface area contributed by atoms with Gasteiger partial charge in [-0.25, -0.2) is 0 Å². The molecule has 2 rings (SSSR count). The highest BCUT2D eigenvalue weighted by atomic mass is 16.2. The van der Waals surface area contributed by atoms with Crippen molar-refractivity contribution in [2.24, 2.45) is 0 Å². The van der Waals surface area contributed by atoms with Gasteiger partial charge >= 0.3 is 0 Å². The average Bonchev–Trinajstić information content (AvgIpc) is 2.65. The normalized spacial score (nSPS) is 10.3. The number of amides is 2. The number of carbonyl (C=O) groups is 2. The van der Waals surface area contributed by atoms with Crippen LogP contribution in [0.25, 0.3) is 0 Å². The van der Waals surface area contributed by atoms with Gasteiger partial charge in [0.25, 0.3) is 0 Å². The minimum atomic E-state index is 0.0325. The molecule has 0 atom stereocenters. The van der Waals surface area contributed by atoms with E-state index in [9.17, 15) is 9.59 Å². The minimum Gasteiger partial charge on any atom is -0.325 e. The quantitative estimate of drug-likeness (QED) is 0.593. The Morgan fingerprint density at radius 2 is 1.12 bits per heavy atom. The number of rotatable bonds is 11. The zero-order valence-electron chi connectivity index (χ0n) is 15.0. The number of nitrogens with one attached hydrogen (secondary N) is 2. The van der Waals surface area contributed by atoms with E-state index in [0.717, 1.165) is 49.9 Å². The lowest BCUT2D eigenvalue weighted by atomic mass is 10.1. The second-order valence-corrected chi connectivity index (χ2v) is 6.20. The summed E-state index contributed by atoms with van der Waals surface area (Å²) in [5.74, 6) is 0.0649. The van der Waals surface area contributed by atoms with Crippen LogP contribution in [0.4, 0.5) is 11.4 Å². The summed E-state index contributed by atoms with van der Waals surface area (Å²) >= 11 is 0. The highest BCUT2D eigenvalue weighted by Crippen LogP contribution is 2.11. The molecule has 0 aliphatic rings. The Morgan fingerprint density at radius 3 is 1.50 bits per heavy atom. The summed E-state index contributed by atoms with van der Waals surface area (Å²) in [6.07, 6.45) is 13.7. The SMILES string of the molecule is O=C(CCCCCCCCC(=O)Nc1cccnc1)Nc1cccnc1. The van der Waals surface area contributed by atoms with E-state index in [1.165, 1.54) is 0 Å². The minimum absolute atomic E-state index is 0.0325. The Labute approximate surface area is 154 Å². The van der Waals surface area contributed by atoms with E-state index in [1.54, 1.807) is 36.9 Å². The molecule has 0 bridgehead atoms.